The molecule has 25 heavy (non-hydrogen) atoms. The molecule has 1 aromatic heterocycles. The number of rotatable bonds is 6. The molecule has 128 valence electrons. The molecule has 0 atom stereocenters. The summed E-state index contributed by atoms with van der Waals surface area (Å²) >= 11 is 13.5. The van der Waals surface area contributed by atoms with Gasteiger partial charge >= 0.3 is 0 Å². The predicted molar refractivity (Wildman–Crippen MR) is 103 cm³/mol. The van der Waals surface area contributed by atoms with Crippen molar-refractivity contribution in [1.29, 1.82) is 0 Å². The van der Waals surface area contributed by atoms with Crippen LogP contribution in [0.15, 0.2) is 55.1 Å². The van der Waals surface area contributed by atoms with Gasteiger partial charge in [-0.15, -0.1) is 11.8 Å². The molecule has 3 rings (SSSR count). The number of hydrogen-bond donors (Lipinski definition) is 1. The highest BCUT2D eigenvalue weighted by Gasteiger charge is 2.10. The normalized spacial score (nSPS) is 10.6. The van der Waals surface area contributed by atoms with E-state index < -0.39 is 0 Å². The summed E-state index contributed by atoms with van der Waals surface area (Å²) in [6.07, 6.45) is 2.99. The van der Waals surface area contributed by atoms with Crippen LogP contribution < -0.4 is 5.32 Å². The van der Waals surface area contributed by atoms with E-state index in [9.17, 15) is 4.79 Å². The van der Waals surface area contributed by atoms with E-state index >= 15 is 0 Å². The van der Waals surface area contributed by atoms with Crippen molar-refractivity contribution in [3.05, 3.63) is 70.7 Å². The lowest BCUT2D eigenvalue weighted by atomic mass is 10.2. The van der Waals surface area contributed by atoms with Gasteiger partial charge in [0.1, 0.15) is 12.7 Å². The van der Waals surface area contributed by atoms with Crippen LogP contribution in [0.2, 0.25) is 10.0 Å². The number of carbonyl (C=O) groups excluding carboxylic acids is 1. The monoisotopic (exact) mass is 392 g/mol. The molecule has 5 nitrogen and oxygen atoms in total. The van der Waals surface area contributed by atoms with Crippen LogP contribution in [-0.2, 0) is 10.5 Å². The summed E-state index contributed by atoms with van der Waals surface area (Å²) in [5.74, 6) is 0.908. The molecule has 2 aromatic carbocycles. The van der Waals surface area contributed by atoms with Crippen LogP contribution in [0, 0.1) is 0 Å². The minimum absolute atomic E-state index is 0.115. The van der Waals surface area contributed by atoms with Crippen molar-refractivity contribution in [2.45, 2.75) is 5.75 Å². The average Bonchev–Trinajstić information content (AvgIpc) is 3.09. The molecule has 0 aliphatic carbocycles. The number of aromatic nitrogens is 3. The quantitative estimate of drug-likeness (QED) is 0.673. The Hall–Kier alpha value is -2.02. The minimum atomic E-state index is -0.115. The van der Waals surface area contributed by atoms with Crippen molar-refractivity contribution < 1.29 is 4.79 Å². The first-order valence-electron chi connectivity index (χ1n) is 7.38. The van der Waals surface area contributed by atoms with Gasteiger partial charge in [-0.05, 0) is 35.9 Å². The summed E-state index contributed by atoms with van der Waals surface area (Å²) < 4.78 is 1.57. The molecule has 0 spiro atoms. The zero-order valence-electron chi connectivity index (χ0n) is 13.0. The van der Waals surface area contributed by atoms with E-state index in [4.69, 9.17) is 23.2 Å². The van der Waals surface area contributed by atoms with E-state index in [0.29, 0.717) is 32.9 Å². The van der Waals surface area contributed by atoms with Crippen LogP contribution in [0.1, 0.15) is 5.56 Å². The number of benzene rings is 2. The number of halogens is 2. The number of nitrogens with one attached hydrogen (secondary N) is 1. The summed E-state index contributed by atoms with van der Waals surface area (Å²) in [5, 5.41) is 8.19. The molecule has 1 amide bonds. The fourth-order valence-corrected chi connectivity index (χ4v) is 3.38. The van der Waals surface area contributed by atoms with Gasteiger partial charge in [-0.2, -0.15) is 5.10 Å². The summed E-state index contributed by atoms with van der Waals surface area (Å²) in [6, 6.07) is 12.8. The summed E-state index contributed by atoms with van der Waals surface area (Å²) in [4.78, 5) is 16.2. The third kappa shape index (κ3) is 4.98. The first-order chi connectivity index (χ1) is 12.1. The van der Waals surface area contributed by atoms with Crippen LogP contribution in [0.3, 0.4) is 0 Å². The van der Waals surface area contributed by atoms with Crippen molar-refractivity contribution in [2.24, 2.45) is 0 Å². The standard InChI is InChI=1S/C17H14Cl2N4OS/c18-13-3-1-2-12(6-13)8-25-9-17(24)22-15-7-14(19)4-5-16(15)23-11-20-10-21-23/h1-7,10-11H,8-9H2,(H,22,24). The maximum Gasteiger partial charge on any atom is 0.234 e. The number of anilines is 1. The fourth-order valence-electron chi connectivity index (χ4n) is 2.22. The first-order valence-corrected chi connectivity index (χ1v) is 9.29. The fraction of sp³-hybridized carbons (Fsp3) is 0.118. The second-order valence-corrected chi connectivity index (χ2v) is 7.03. The number of nitrogens with zero attached hydrogens (tertiary/aromatic N) is 3. The third-order valence-corrected chi connectivity index (χ3v) is 4.76. The van der Waals surface area contributed by atoms with Gasteiger partial charge in [-0.3, -0.25) is 4.79 Å². The average molecular weight is 393 g/mol. The SMILES string of the molecule is O=C(CSCc1cccc(Cl)c1)Nc1cc(Cl)ccc1-n1cncn1. The highest BCUT2D eigenvalue weighted by atomic mass is 35.5. The molecule has 0 bridgehead atoms. The van der Waals surface area contributed by atoms with E-state index in [0.717, 1.165) is 5.56 Å². The van der Waals surface area contributed by atoms with Crippen molar-refractivity contribution in [1.82, 2.24) is 14.8 Å². The Balaban J connectivity index is 1.62. The third-order valence-electron chi connectivity index (χ3n) is 3.29. The Labute approximate surface area is 159 Å². The van der Waals surface area contributed by atoms with Crippen LogP contribution >= 0.6 is 35.0 Å². The molecule has 0 aliphatic heterocycles. The second-order valence-electron chi connectivity index (χ2n) is 5.17. The highest BCUT2D eigenvalue weighted by molar-refractivity contribution is 7.99. The smallest absolute Gasteiger partial charge is 0.234 e. The maximum absolute atomic E-state index is 12.3. The Morgan fingerprint density at radius 1 is 1.16 bits per heavy atom. The molecule has 0 saturated heterocycles. The molecule has 0 unspecified atom stereocenters. The van der Waals surface area contributed by atoms with Crippen molar-refractivity contribution in [2.75, 3.05) is 11.1 Å². The number of thioether (sulfide) groups is 1. The highest BCUT2D eigenvalue weighted by Crippen LogP contribution is 2.24. The summed E-state index contributed by atoms with van der Waals surface area (Å²) in [7, 11) is 0. The van der Waals surface area contributed by atoms with Gasteiger partial charge in [0.15, 0.2) is 0 Å². The minimum Gasteiger partial charge on any atom is -0.323 e. The molecule has 0 radical (unpaired) electrons. The molecule has 0 saturated carbocycles. The van der Waals surface area contributed by atoms with E-state index in [1.54, 1.807) is 29.2 Å². The lowest BCUT2D eigenvalue weighted by Crippen LogP contribution is -2.16. The molecular weight excluding hydrogens is 379 g/mol. The van der Waals surface area contributed by atoms with Gasteiger partial charge in [0.2, 0.25) is 5.91 Å². The van der Waals surface area contributed by atoms with Crippen LogP contribution in [0.5, 0.6) is 0 Å². The van der Waals surface area contributed by atoms with Gasteiger partial charge in [-0.1, -0.05) is 35.3 Å². The lowest BCUT2D eigenvalue weighted by molar-refractivity contribution is -0.113. The predicted octanol–water partition coefficient (Wildman–Crippen LogP) is 4.45. The number of carbonyl (C=O) groups is 1. The molecule has 1 N–H and O–H groups in total. The van der Waals surface area contributed by atoms with Crippen LogP contribution in [0.4, 0.5) is 5.69 Å². The van der Waals surface area contributed by atoms with Crippen molar-refractivity contribution in [3.8, 4) is 5.69 Å². The zero-order chi connectivity index (χ0) is 17.6. The molecule has 3 aromatic rings. The number of amides is 1. The number of hydrogen-bond acceptors (Lipinski definition) is 4. The molecule has 0 fully saturated rings. The van der Waals surface area contributed by atoms with E-state index in [1.807, 2.05) is 24.3 Å². The van der Waals surface area contributed by atoms with Crippen molar-refractivity contribution >= 4 is 46.6 Å². The van der Waals surface area contributed by atoms with Crippen LogP contribution in [-0.4, -0.2) is 26.4 Å². The molecule has 0 aliphatic rings. The molecule has 8 heteroatoms. The largest absolute Gasteiger partial charge is 0.323 e. The summed E-state index contributed by atoms with van der Waals surface area (Å²) in [5.41, 5.74) is 2.37. The van der Waals surface area contributed by atoms with Gasteiger partial charge in [-0.25, -0.2) is 9.67 Å². The van der Waals surface area contributed by atoms with Gasteiger partial charge in [0.25, 0.3) is 0 Å². The Kier molecular flexibility index (Phi) is 5.96. The van der Waals surface area contributed by atoms with E-state index in [1.165, 1.54) is 18.1 Å². The molecule has 1 heterocycles. The van der Waals surface area contributed by atoms with E-state index in [-0.39, 0.29) is 5.91 Å². The maximum atomic E-state index is 12.3. The topological polar surface area (TPSA) is 59.8 Å². The first kappa shape index (κ1) is 17.8. The van der Waals surface area contributed by atoms with Gasteiger partial charge in [0.05, 0.1) is 17.1 Å². The van der Waals surface area contributed by atoms with Gasteiger partial charge in [0, 0.05) is 15.8 Å². The second kappa shape index (κ2) is 8.38. The Morgan fingerprint density at radius 3 is 2.76 bits per heavy atom. The zero-order valence-corrected chi connectivity index (χ0v) is 15.4. The molecular formula is C17H14Cl2N4OS. The van der Waals surface area contributed by atoms with Crippen molar-refractivity contribution in [3.63, 3.8) is 0 Å². The van der Waals surface area contributed by atoms with Gasteiger partial charge < -0.3 is 5.32 Å². The lowest BCUT2D eigenvalue weighted by Gasteiger charge is -2.11. The Morgan fingerprint density at radius 2 is 2.00 bits per heavy atom. The Bertz CT molecular complexity index is 871. The summed E-state index contributed by atoms with van der Waals surface area (Å²) in [6.45, 7) is 0. The van der Waals surface area contributed by atoms with E-state index in [2.05, 4.69) is 15.4 Å². The van der Waals surface area contributed by atoms with Crippen LogP contribution in [0.25, 0.3) is 5.69 Å².